The molecule has 0 radical (unpaired) electrons. The fourth-order valence-electron chi connectivity index (χ4n) is 1.71. The average molecular weight is 326 g/mol. The van der Waals surface area contributed by atoms with Gasteiger partial charge in [-0.05, 0) is 24.6 Å². The van der Waals surface area contributed by atoms with Gasteiger partial charge in [0.2, 0.25) is 0 Å². The van der Waals surface area contributed by atoms with E-state index in [1.807, 2.05) is 0 Å². The molecule has 0 N–H and O–H groups in total. The molecule has 0 aliphatic carbocycles. The molecule has 2 heterocycles. The summed E-state index contributed by atoms with van der Waals surface area (Å²) in [7, 11) is -3.74. The summed E-state index contributed by atoms with van der Waals surface area (Å²) in [5.74, 6) is 0. The second-order valence-electron chi connectivity index (χ2n) is 4.11. The highest BCUT2D eigenvalue weighted by Gasteiger charge is 2.28. The number of halogens is 1. The molecule has 1 aliphatic rings. The summed E-state index contributed by atoms with van der Waals surface area (Å²) in [5.41, 5.74) is 1.12. The third-order valence-corrected chi connectivity index (χ3v) is 5.71. The minimum atomic E-state index is -3.74. The SMILES string of the molecule is Cc1cc2c(cc1Cl)SC(c1cnccn1)=NS2(=O)=O. The van der Waals surface area contributed by atoms with Crippen LogP contribution in [0.4, 0.5) is 0 Å². The molecule has 1 aromatic heterocycles. The van der Waals surface area contributed by atoms with Gasteiger partial charge in [0.1, 0.15) is 15.6 Å². The predicted molar refractivity (Wildman–Crippen MR) is 77.8 cm³/mol. The fraction of sp³-hybridized carbons (Fsp3) is 0.0833. The standard InChI is InChI=1S/C12H8ClN3O2S2/c1-7-4-11-10(5-8(7)13)19-12(16-20(11,17)18)9-6-14-2-3-15-9/h2-6H,1H3. The number of fused-ring (bicyclic) bond motifs is 1. The molecular weight excluding hydrogens is 318 g/mol. The van der Waals surface area contributed by atoms with E-state index in [0.717, 1.165) is 0 Å². The monoisotopic (exact) mass is 325 g/mol. The molecular formula is C12H8ClN3O2S2. The Hall–Kier alpha value is -1.44. The summed E-state index contributed by atoms with van der Waals surface area (Å²) in [6, 6.07) is 3.18. The highest BCUT2D eigenvalue weighted by molar-refractivity contribution is 8.16. The number of aromatic nitrogens is 2. The van der Waals surface area contributed by atoms with E-state index in [0.29, 0.717) is 26.2 Å². The van der Waals surface area contributed by atoms with Gasteiger partial charge in [0.15, 0.2) is 0 Å². The van der Waals surface area contributed by atoms with E-state index in [-0.39, 0.29) is 4.90 Å². The summed E-state index contributed by atoms with van der Waals surface area (Å²) in [6.45, 7) is 1.75. The number of sulfonamides is 1. The van der Waals surface area contributed by atoms with E-state index in [2.05, 4.69) is 14.4 Å². The highest BCUT2D eigenvalue weighted by Crippen LogP contribution is 2.38. The Balaban J connectivity index is 2.18. The molecule has 20 heavy (non-hydrogen) atoms. The normalized spacial score (nSPS) is 16.4. The maximum Gasteiger partial charge on any atom is 0.284 e. The van der Waals surface area contributed by atoms with Gasteiger partial charge in [0.25, 0.3) is 10.0 Å². The molecule has 5 nitrogen and oxygen atoms in total. The predicted octanol–water partition coefficient (Wildman–Crippen LogP) is 2.68. The zero-order valence-electron chi connectivity index (χ0n) is 10.2. The van der Waals surface area contributed by atoms with E-state index >= 15 is 0 Å². The summed E-state index contributed by atoms with van der Waals surface area (Å²) < 4.78 is 28.3. The lowest BCUT2D eigenvalue weighted by Crippen LogP contribution is -2.12. The summed E-state index contributed by atoms with van der Waals surface area (Å²) >= 11 is 7.28. The van der Waals surface area contributed by atoms with Crippen LogP contribution >= 0.6 is 23.4 Å². The van der Waals surface area contributed by atoms with Gasteiger partial charge in [-0.25, -0.2) is 0 Å². The Labute approximate surface area is 125 Å². The molecule has 0 bridgehead atoms. The van der Waals surface area contributed by atoms with Gasteiger partial charge < -0.3 is 0 Å². The third-order valence-electron chi connectivity index (χ3n) is 2.69. The van der Waals surface area contributed by atoms with Crippen LogP contribution in [0.3, 0.4) is 0 Å². The van der Waals surface area contributed by atoms with Gasteiger partial charge in [0.05, 0.1) is 6.20 Å². The Bertz CT molecular complexity index is 820. The number of thioether (sulfide) groups is 1. The van der Waals surface area contributed by atoms with E-state index in [4.69, 9.17) is 11.6 Å². The van der Waals surface area contributed by atoms with Gasteiger partial charge in [0, 0.05) is 22.3 Å². The number of benzene rings is 1. The Morgan fingerprint density at radius 3 is 2.75 bits per heavy atom. The Morgan fingerprint density at radius 1 is 1.25 bits per heavy atom. The van der Waals surface area contributed by atoms with Gasteiger partial charge in [-0.1, -0.05) is 23.4 Å². The van der Waals surface area contributed by atoms with E-state index < -0.39 is 10.0 Å². The molecule has 0 unspecified atom stereocenters. The molecule has 1 aliphatic heterocycles. The lowest BCUT2D eigenvalue weighted by Gasteiger charge is -2.16. The minimum absolute atomic E-state index is 0.178. The smallest absolute Gasteiger partial charge is 0.261 e. The van der Waals surface area contributed by atoms with Crippen molar-refractivity contribution in [3.8, 4) is 0 Å². The van der Waals surface area contributed by atoms with Crippen LogP contribution in [0.1, 0.15) is 11.3 Å². The zero-order valence-corrected chi connectivity index (χ0v) is 12.6. The maximum atomic E-state index is 12.2. The average Bonchev–Trinajstić information content (AvgIpc) is 2.41. The number of rotatable bonds is 1. The summed E-state index contributed by atoms with van der Waals surface area (Å²) in [4.78, 5) is 8.72. The van der Waals surface area contributed by atoms with Gasteiger partial charge in [-0.2, -0.15) is 8.42 Å². The topological polar surface area (TPSA) is 72.3 Å². The Kier molecular flexibility index (Phi) is 3.27. The second kappa shape index (κ2) is 4.83. The van der Waals surface area contributed by atoms with Crippen molar-refractivity contribution in [2.24, 2.45) is 4.40 Å². The quantitative estimate of drug-likeness (QED) is 0.806. The molecule has 0 fully saturated rings. The minimum Gasteiger partial charge on any atom is -0.261 e. The number of hydrogen-bond donors (Lipinski definition) is 0. The first kappa shape index (κ1) is 13.5. The molecule has 3 rings (SSSR count). The highest BCUT2D eigenvalue weighted by atomic mass is 35.5. The van der Waals surface area contributed by atoms with Gasteiger partial charge in [-0.3, -0.25) is 9.97 Å². The Morgan fingerprint density at radius 2 is 2.05 bits per heavy atom. The molecule has 1 aromatic carbocycles. The lowest BCUT2D eigenvalue weighted by molar-refractivity contribution is 0.595. The van der Waals surface area contributed by atoms with Crippen LogP contribution in [0.25, 0.3) is 0 Å². The molecule has 102 valence electrons. The van der Waals surface area contributed by atoms with Crippen molar-refractivity contribution < 1.29 is 8.42 Å². The number of hydrogen-bond acceptors (Lipinski definition) is 5. The van der Waals surface area contributed by atoms with Crippen LogP contribution in [0, 0.1) is 6.92 Å². The van der Waals surface area contributed by atoms with Crippen molar-refractivity contribution in [2.45, 2.75) is 16.7 Å². The van der Waals surface area contributed by atoms with Crippen LogP contribution < -0.4 is 0 Å². The lowest BCUT2D eigenvalue weighted by atomic mass is 10.2. The summed E-state index contributed by atoms with van der Waals surface area (Å²) in [6.07, 6.45) is 4.48. The first-order valence-electron chi connectivity index (χ1n) is 5.57. The molecule has 0 atom stereocenters. The van der Waals surface area contributed by atoms with E-state index in [1.54, 1.807) is 13.0 Å². The molecule has 0 saturated carbocycles. The molecule has 0 spiro atoms. The maximum absolute atomic E-state index is 12.2. The van der Waals surface area contributed by atoms with Crippen molar-refractivity contribution in [3.63, 3.8) is 0 Å². The van der Waals surface area contributed by atoms with Gasteiger partial charge in [-0.15, -0.1) is 4.40 Å². The van der Waals surface area contributed by atoms with Crippen LogP contribution in [-0.4, -0.2) is 23.4 Å². The molecule has 8 heteroatoms. The van der Waals surface area contributed by atoms with Gasteiger partial charge >= 0.3 is 0 Å². The van der Waals surface area contributed by atoms with E-state index in [1.165, 1.54) is 36.4 Å². The van der Waals surface area contributed by atoms with Crippen molar-refractivity contribution >= 4 is 38.4 Å². The van der Waals surface area contributed by atoms with Crippen molar-refractivity contribution in [2.75, 3.05) is 0 Å². The zero-order chi connectivity index (χ0) is 14.3. The first-order chi connectivity index (χ1) is 9.47. The summed E-state index contributed by atoms with van der Waals surface area (Å²) in [5, 5.41) is 0.817. The van der Waals surface area contributed by atoms with E-state index in [9.17, 15) is 8.42 Å². The second-order valence-corrected chi connectivity index (χ2v) is 7.12. The van der Waals surface area contributed by atoms with Crippen LogP contribution in [0.2, 0.25) is 5.02 Å². The van der Waals surface area contributed by atoms with Crippen molar-refractivity contribution in [1.29, 1.82) is 0 Å². The number of aryl methyl sites for hydroxylation is 1. The third kappa shape index (κ3) is 2.32. The van der Waals surface area contributed by atoms with Crippen LogP contribution in [0.15, 0.2) is 44.9 Å². The molecule has 0 saturated heterocycles. The van der Waals surface area contributed by atoms with Crippen LogP contribution in [0.5, 0.6) is 0 Å². The van der Waals surface area contributed by atoms with Crippen molar-refractivity contribution in [3.05, 3.63) is 47.0 Å². The molecule has 2 aromatic rings. The molecule has 0 amide bonds. The largest absolute Gasteiger partial charge is 0.284 e. The number of nitrogens with zero attached hydrogens (tertiary/aromatic N) is 3. The van der Waals surface area contributed by atoms with Crippen molar-refractivity contribution in [1.82, 2.24) is 9.97 Å². The first-order valence-corrected chi connectivity index (χ1v) is 8.20. The fourth-order valence-corrected chi connectivity index (χ4v) is 4.62. The van der Waals surface area contributed by atoms with Crippen LogP contribution in [-0.2, 0) is 10.0 Å².